The maximum atomic E-state index is 13.5. The van der Waals surface area contributed by atoms with Gasteiger partial charge in [0.05, 0.1) is 22.2 Å². The molecule has 0 aromatic carbocycles. The van der Waals surface area contributed by atoms with E-state index in [4.69, 9.17) is 10.1 Å². The van der Waals surface area contributed by atoms with Crippen molar-refractivity contribution in [2.24, 2.45) is 11.8 Å². The molecule has 1 aliphatic carbocycles. The first-order chi connectivity index (χ1) is 12.7. The monoisotopic (exact) mass is 370 g/mol. The summed E-state index contributed by atoms with van der Waals surface area (Å²) in [4.78, 5) is 20.3. The zero-order chi connectivity index (χ0) is 19.5. The molecule has 2 atom stereocenters. The third kappa shape index (κ3) is 3.14. The van der Waals surface area contributed by atoms with Crippen LogP contribution in [-0.4, -0.2) is 50.4 Å². The van der Waals surface area contributed by atoms with Gasteiger partial charge in [0.25, 0.3) is 5.91 Å². The fraction of sp³-hybridized carbons (Fsp3) is 0.667. The maximum absolute atomic E-state index is 13.5. The molecular formula is C21H30N4O2. The molecule has 27 heavy (non-hydrogen) atoms. The van der Waals surface area contributed by atoms with Crippen LogP contribution in [0.3, 0.4) is 0 Å². The number of likely N-dealkylation sites (tertiary alicyclic amines) is 1. The summed E-state index contributed by atoms with van der Waals surface area (Å²) in [5, 5.41) is 15.2. The molecule has 1 N–H and O–H groups in total. The van der Waals surface area contributed by atoms with E-state index in [0.29, 0.717) is 24.9 Å². The number of pyridine rings is 1. The van der Waals surface area contributed by atoms with Crippen molar-refractivity contribution < 1.29 is 9.90 Å². The summed E-state index contributed by atoms with van der Waals surface area (Å²) >= 11 is 0. The summed E-state index contributed by atoms with van der Waals surface area (Å²) in [6.07, 6.45) is 2.28. The number of aryl methyl sites for hydroxylation is 1. The standard InChI is InChI=1S/C21H30N4O2/c1-12-9-24(10-15(12)11-26)20(27)16-8-17(14-6-7-14)22-19-18(16)13(2)23-25(19)21(3,4)5/h8,12,14-15,26H,6-7,9-11H2,1-5H3/t12-,15+/m1/s1. The number of aliphatic hydroxyl groups excluding tert-OH is 1. The zero-order valence-corrected chi connectivity index (χ0v) is 17.0. The van der Waals surface area contributed by atoms with Crippen LogP contribution in [0.2, 0.25) is 0 Å². The molecule has 1 aliphatic heterocycles. The Morgan fingerprint density at radius 3 is 2.56 bits per heavy atom. The van der Waals surface area contributed by atoms with E-state index in [1.54, 1.807) is 0 Å². The number of fused-ring (bicyclic) bond motifs is 1. The van der Waals surface area contributed by atoms with Crippen LogP contribution in [0.25, 0.3) is 11.0 Å². The van der Waals surface area contributed by atoms with E-state index in [1.165, 1.54) is 0 Å². The van der Waals surface area contributed by atoms with Gasteiger partial charge in [-0.1, -0.05) is 6.92 Å². The third-order valence-corrected chi connectivity index (χ3v) is 5.98. The van der Waals surface area contributed by atoms with Crippen molar-refractivity contribution in [2.45, 2.75) is 58.9 Å². The first-order valence-electron chi connectivity index (χ1n) is 10.0. The van der Waals surface area contributed by atoms with Crippen LogP contribution in [-0.2, 0) is 5.54 Å². The quantitative estimate of drug-likeness (QED) is 0.901. The third-order valence-electron chi connectivity index (χ3n) is 5.98. The number of aromatic nitrogens is 3. The highest BCUT2D eigenvalue weighted by molar-refractivity contribution is 6.06. The largest absolute Gasteiger partial charge is 0.396 e. The van der Waals surface area contributed by atoms with E-state index in [9.17, 15) is 9.90 Å². The summed E-state index contributed by atoms with van der Waals surface area (Å²) in [6.45, 7) is 11.8. The molecule has 1 saturated heterocycles. The second-order valence-corrected chi connectivity index (χ2v) is 9.37. The van der Waals surface area contributed by atoms with Crippen molar-refractivity contribution >= 4 is 16.9 Å². The summed E-state index contributed by atoms with van der Waals surface area (Å²) < 4.78 is 1.96. The highest BCUT2D eigenvalue weighted by Gasteiger charge is 2.35. The molecule has 0 spiro atoms. The number of amides is 1. The van der Waals surface area contributed by atoms with Gasteiger partial charge < -0.3 is 10.0 Å². The van der Waals surface area contributed by atoms with Crippen LogP contribution in [0.15, 0.2) is 6.07 Å². The minimum absolute atomic E-state index is 0.0451. The van der Waals surface area contributed by atoms with Gasteiger partial charge in [0.2, 0.25) is 0 Å². The second-order valence-electron chi connectivity index (χ2n) is 9.37. The molecule has 0 unspecified atom stereocenters. The molecule has 1 amide bonds. The van der Waals surface area contributed by atoms with E-state index in [2.05, 4.69) is 27.7 Å². The van der Waals surface area contributed by atoms with Crippen molar-refractivity contribution in [3.05, 3.63) is 23.0 Å². The van der Waals surface area contributed by atoms with Crippen molar-refractivity contribution in [3.8, 4) is 0 Å². The van der Waals surface area contributed by atoms with Gasteiger partial charge in [0.1, 0.15) is 0 Å². The summed E-state index contributed by atoms with van der Waals surface area (Å²) in [5.41, 5.74) is 3.21. The molecule has 2 aliphatic rings. The number of hydrogen-bond acceptors (Lipinski definition) is 4. The van der Waals surface area contributed by atoms with Gasteiger partial charge in [0.15, 0.2) is 5.65 Å². The van der Waals surface area contributed by atoms with Gasteiger partial charge >= 0.3 is 0 Å². The Morgan fingerprint density at radius 1 is 1.30 bits per heavy atom. The normalized spacial score (nSPS) is 23.4. The van der Waals surface area contributed by atoms with Gasteiger partial charge in [-0.3, -0.25) is 4.79 Å². The van der Waals surface area contributed by atoms with E-state index in [1.807, 2.05) is 22.6 Å². The first-order valence-corrected chi connectivity index (χ1v) is 10.0. The number of hydrogen-bond donors (Lipinski definition) is 1. The van der Waals surface area contributed by atoms with Crippen LogP contribution in [0, 0.1) is 18.8 Å². The van der Waals surface area contributed by atoms with E-state index < -0.39 is 0 Å². The van der Waals surface area contributed by atoms with Gasteiger partial charge in [-0.2, -0.15) is 5.10 Å². The Balaban J connectivity index is 1.84. The molecule has 1 saturated carbocycles. The minimum atomic E-state index is -0.202. The number of carbonyl (C=O) groups excluding carboxylic acids is 1. The Labute approximate surface area is 160 Å². The molecular weight excluding hydrogens is 340 g/mol. The molecule has 6 heteroatoms. The molecule has 4 rings (SSSR count). The van der Waals surface area contributed by atoms with Crippen molar-refractivity contribution in [3.63, 3.8) is 0 Å². The van der Waals surface area contributed by atoms with Crippen molar-refractivity contribution in [1.82, 2.24) is 19.7 Å². The van der Waals surface area contributed by atoms with Gasteiger partial charge in [-0.25, -0.2) is 9.67 Å². The predicted molar refractivity (Wildman–Crippen MR) is 105 cm³/mol. The number of rotatable bonds is 3. The lowest BCUT2D eigenvalue weighted by atomic mass is 10.00. The molecule has 2 aromatic heterocycles. The Bertz CT molecular complexity index is 892. The van der Waals surface area contributed by atoms with Crippen LogP contribution in [0.5, 0.6) is 0 Å². The highest BCUT2D eigenvalue weighted by Crippen LogP contribution is 2.41. The fourth-order valence-electron chi connectivity index (χ4n) is 4.14. The molecule has 146 valence electrons. The highest BCUT2D eigenvalue weighted by atomic mass is 16.3. The predicted octanol–water partition coefficient (Wildman–Crippen LogP) is 3.07. The second kappa shape index (κ2) is 6.30. The van der Waals surface area contributed by atoms with Gasteiger partial charge in [-0.15, -0.1) is 0 Å². The summed E-state index contributed by atoms with van der Waals surface area (Å²) in [5.74, 6) is 0.987. The lowest BCUT2D eigenvalue weighted by Crippen LogP contribution is -2.30. The van der Waals surface area contributed by atoms with Crippen LogP contribution in [0.1, 0.15) is 68.2 Å². The van der Waals surface area contributed by atoms with Gasteiger partial charge in [0, 0.05) is 37.2 Å². The summed E-state index contributed by atoms with van der Waals surface area (Å²) in [7, 11) is 0. The number of carbonyl (C=O) groups is 1. The van der Waals surface area contributed by atoms with Crippen LogP contribution < -0.4 is 0 Å². The Kier molecular flexibility index (Phi) is 4.29. The Morgan fingerprint density at radius 2 is 2.00 bits per heavy atom. The topological polar surface area (TPSA) is 71.2 Å². The zero-order valence-electron chi connectivity index (χ0n) is 17.0. The van der Waals surface area contributed by atoms with Crippen LogP contribution >= 0.6 is 0 Å². The SMILES string of the molecule is Cc1nn(C(C)(C)C)c2nc(C3CC3)cc(C(=O)N3C[C@@H](CO)[C@H](C)C3)c12. The average molecular weight is 370 g/mol. The van der Waals surface area contributed by atoms with Crippen molar-refractivity contribution in [1.29, 1.82) is 0 Å². The lowest BCUT2D eigenvalue weighted by molar-refractivity contribution is 0.0782. The smallest absolute Gasteiger partial charge is 0.254 e. The number of nitrogens with zero attached hydrogens (tertiary/aromatic N) is 4. The minimum Gasteiger partial charge on any atom is -0.396 e. The van der Waals surface area contributed by atoms with Crippen molar-refractivity contribution in [2.75, 3.05) is 19.7 Å². The van der Waals surface area contributed by atoms with Gasteiger partial charge in [-0.05, 0) is 52.5 Å². The average Bonchev–Trinajstić information content (AvgIpc) is 3.31. The fourth-order valence-corrected chi connectivity index (χ4v) is 4.14. The maximum Gasteiger partial charge on any atom is 0.254 e. The molecule has 0 radical (unpaired) electrons. The van der Waals surface area contributed by atoms with E-state index in [0.717, 1.165) is 40.8 Å². The number of aliphatic hydroxyl groups is 1. The first kappa shape index (κ1) is 18.4. The molecule has 2 aromatic rings. The molecule has 3 heterocycles. The summed E-state index contributed by atoms with van der Waals surface area (Å²) in [6, 6.07) is 2.00. The molecule has 0 bridgehead atoms. The lowest BCUT2D eigenvalue weighted by Gasteiger charge is -2.21. The molecule has 2 fully saturated rings. The van der Waals surface area contributed by atoms with E-state index >= 15 is 0 Å². The molecule has 6 nitrogen and oxygen atoms in total. The van der Waals surface area contributed by atoms with Crippen LogP contribution in [0.4, 0.5) is 0 Å². The van der Waals surface area contributed by atoms with E-state index in [-0.39, 0.29) is 24.0 Å². The Hall–Kier alpha value is -1.95.